The van der Waals surface area contributed by atoms with Crippen molar-refractivity contribution < 1.29 is 9.18 Å². The first-order chi connectivity index (χ1) is 9.56. The lowest BCUT2D eigenvalue weighted by Gasteiger charge is -2.05. The Balaban J connectivity index is 1.68. The number of aromatic amines is 1. The molecule has 20 heavy (non-hydrogen) atoms. The molecule has 2 aromatic rings. The monoisotopic (exact) mass is 294 g/mol. The molecule has 106 valence electrons. The van der Waals surface area contributed by atoms with Gasteiger partial charge in [-0.25, -0.2) is 4.39 Å². The Labute approximate surface area is 121 Å². The molecule has 1 saturated carbocycles. The number of hydrogen-bond donors (Lipinski definition) is 2. The van der Waals surface area contributed by atoms with E-state index in [1.165, 1.54) is 12.1 Å². The van der Waals surface area contributed by atoms with Crippen LogP contribution in [0.25, 0.3) is 10.9 Å². The predicted molar refractivity (Wildman–Crippen MR) is 77.5 cm³/mol. The SMILES string of the molecule is Cc1[nH]c2cc(F)ccc2c1CCNC(=O)C1CC1Cl. The number of carbonyl (C=O) groups is 1. The molecule has 3 nitrogen and oxygen atoms in total. The van der Waals surface area contributed by atoms with E-state index in [-0.39, 0.29) is 23.0 Å². The smallest absolute Gasteiger partial charge is 0.224 e. The Morgan fingerprint density at radius 3 is 3.00 bits per heavy atom. The van der Waals surface area contributed by atoms with E-state index in [0.717, 1.165) is 35.0 Å². The fourth-order valence-electron chi connectivity index (χ4n) is 2.56. The van der Waals surface area contributed by atoms with Crippen molar-refractivity contribution in [3.63, 3.8) is 0 Å². The van der Waals surface area contributed by atoms with Crippen LogP contribution < -0.4 is 5.32 Å². The van der Waals surface area contributed by atoms with Gasteiger partial charge in [0.15, 0.2) is 0 Å². The highest BCUT2D eigenvalue weighted by Crippen LogP contribution is 2.35. The van der Waals surface area contributed by atoms with Crippen LogP contribution in [0.3, 0.4) is 0 Å². The molecule has 3 rings (SSSR count). The molecule has 5 heteroatoms. The Morgan fingerprint density at radius 1 is 1.55 bits per heavy atom. The number of benzene rings is 1. The van der Waals surface area contributed by atoms with Gasteiger partial charge in [-0.15, -0.1) is 11.6 Å². The van der Waals surface area contributed by atoms with Crippen LogP contribution in [0, 0.1) is 18.7 Å². The number of fused-ring (bicyclic) bond motifs is 1. The summed E-state index contributed by atoms with van der Waals surface area (Å²) in [6.45, 7) is 2.54. The third kappa shape index (κ3) is 2.52. The van der Waals surface area contributed by atoms with Gasteiger partial charge in [0, 0.05) is 28.5 Å². The van der Waals surface area contributed by atoms with Gasteiger partial charge in [-0.3, -0.25) is 4.79 Å². The minimum absolute atomic E-state index is 0.00722. The molecule has 1 aliphatic rings. The number of carbonyl (C=O) groups excluding carboxylic acids is 1. The second kappa shape index (κ2) is 5.09. The van der Waals surface area contributed by atoms with Crippen LogP contribution >= 0.6 is 11.6 Å². The Morgan fingerprint density at radius 2 is 2.30 bits per heavy atom. The highest BCUT2D eigenvalue weighted by Gasteiger charge is 2.41. The highest BCUT2D eigenvalue weighted by atomic mass is 35.5. The van der Waals surface area contributed by atoms with E-state index in [4.69, 9.17) is 11.6 Å². The van der Waals surface area contributed by atoms with E-state index in [2.05, 4.69) is 10.3 Å². The summed E-state index contributed by atoms with van der Waals surface area (Å²) in [4.78, 5) is 14.9. The lowest BCUT2D eigenvalue weighted by atomic mass is 10.1. The number of amides is 1. The number of hydrogen-bond acceptors (Lipinski definition) is 1. The maximum Gasteiger partial charge on any atom is 0.224 e. The number of halogens is 2. The van der Waals surface area contributed by atoms with Gasteiger partial charge in [0.1, 0.15) is 5.82 Å². The van der Waals surface area contributed by atoms with Crippen molar-refractivity contribution in [3.05, 3.63) is 35.3 Å². The number of aromatic nitrogens is 1. The summed E-state index contributed by atoms with van der Waals surface area (Å²) in [6.07, 6.45) is 1.50. The van der Waals surface area contributed by atoms with Crippen molar-refractivity contribution in [1.82, 2.24) is 10.3 Å². The van der Waals surface area contributed by atoms with Gasteiger partial charge in [0.25, 0.3) is 0 Å². The predicted octanol–water partition coefficient (Wildman–Crippen LogP) is 2.90. The summed E-state index contributed by atoms with van der Waals surface area (Å²) in [7, 11) is 0. The maximum absolute atomic E-state index is 13.2. The standard InChI is InChI=1S/C15H16ClFN2O/c1-8-10(4-5-18-15(20)12-7-13(12)16)11-3-2-9(17)6-14(11)19-8/h2-3,6,12-13,19H,4-5,7H2,1H3,(H,18,20). The number of aryl methyl sites for hydroxylation is 1. The highest BCUT2D eigenvalue weighted by molar-refractivity contribution is 6.24. The van der Waals surface area contributed by atoms with Crippen molar-refractivity contribution in [3.8, 4) is 0 Å². The zero-order chi connectivity index (χ0) is 14.3. The minimum Gasteiger partial charge on any atom is -0.358 e. The van der Waals surface area contributed by atoms with E-state index in [9.17, 15) is 9.18 Å². The lowest BCUT2D eigenvalue weighted by Crippen LogP contribution is -2.27. The van der Waals surface area contributed by atoms with Crippen molar-refractivity contribution in [1.29, 1.82) is 0 Å². The molecule has 1 heterocycles. The first-order valence-corrected chi connectivity index (χ1v) is 7.18. The molecule has 1 fully saturated rings. The molecule has 0 saturated heterocycles. The Hall–Kier alpha value is -1.55. The van der Waals surface area contributed by atoms with Crippen LogP contribution in [-0.2, 0) is 11.2 Å². The number of nitrogens with one attached hydrogen (secondary N) is 2. The molecule has 0 aliphatic heterocycles. The molecule has 1 aromatic heterocycles. The third-order valence-corrected chi connectivity index (χ3v) is 4.29. The largest absolute Gasteiger partial charge is 0.358 e. The number of rotatable bonds is 4. The van der Waals surface area contributed by atoms with E-state index in [0.29, 0.717) is 6.54 Å². The third-order valence-electron chi connectivity index (χ3n) is 3.81. The van der Waals surface area contributed by atoms with Gasteiger partial charge in [-0.1, -0.05) is 0 Å². The van der Waals surface area contributed by atoms with E-state index in [1.54, 1.807) is 6.07 Å². The van der Waals surface area contributed by atoms with E-state index in [1.807, 2.05) is 6.92 Å². The van der Waals surface area contributed by atoms with Crippen molar-refractivity contribution >= 4 is 28.4 Å². The van der Waals surface area contributed by atoms with Gasteiger partial charge >= 0.3 is 0 Å². The maximum atomic E-state index is 13.2. The molecule has 0 radical (unpaired) electrons. The fourth-order valence-corrected chi connectivity index (χ4v) is 2.87. The molecule has 2 unspecified atom stereocenters. The lowest BCUT2D eigenvalue weighted by molar-refractivity contribution is -0.122. The van der Waals surface area contributed by atoms with E-state index < -0.39 is 0 Å². The van der Waals surface area contributed by atoms with Crippen molar-refractivity contribution in [2.75, 3.05) is 6.54 Å². The van der Waals surface area contributed by atoms with Gasteiger partial charge < -0.3 is 10.3 Å². The molecule has 2 atom stereocenters. The van der Waals surface area contributed by atoms with Crippen LogP contribution in [0.1, 0.15) is 17.7 Å². The van der Waals surface area contributed by atoms with Gasteiger partial charge in [-0.2, -0.15) is 0 Å². The van der Waals surface area contributed by atoms with Crippen LogP contribution in [-0.4, -0.2) is 22.8 Å². The number of H-pyrrole nitrogens is 1. The van der Waals surface area contributed by atoms with Crippen LogP contribution in [0.5, 0.6) is 0 Å². The Bertz CT molecular complexity index is 667. The average molecular weight is 295 g/mol. The second-order valence-electron chi connectivity index (χ2n) is 5.32. The summed E-state index contributed by atoms with van der Waals surface area (Å²) in [5.74, 6) is -0.233. The average Bonchev–Trinajstić information content (AvgIpc) is 3.05. The molecular formula is C15H16ClFN2O. The summed E-state index contributed by atoms with van der Waals surface area (Å²) < 4.78 is 13.2. The zero-order valence-corrected chi connectivity index (χ0v) is 11.9. The summed E-state index contributed by atoms with van der Waals surface area (Å²) >= 11 is 5.84. The van der Waals surface area contributed by atoms with Gasteiger partial charge in [0.05, 0.1) is 5.92 Å². The minimum atomic E-state index is -0.250. The molecule has 0 bridgehead atoms. The summed E-state index contributed by atoms with van der Waals surface area (Å²) in [5, 5.41) is 3.93. The molecule has 1 amide bonds. The second-order valence-corrected chi connectivity index (χ2v) is 5.88. The first kappa shape index (κ1) is 13.4. The Kier molecular flexibility index (Phi) is 3.42. The number of alkyl halides is 1. The van der Waals surface area contributed by atoms with Gasteiger partial charge in [0.2, 0.25) is 5.91 Å². The van der Waals surface area contributed by atoms with Crippen molar-refractivity contribution in [2.24, 2.45) is 5.92 Å². The normalized spacial score (nSPS) is 21.1. The quantitative estimate of drug-likeness (QED) is 0.837. The molecule has 2 N–H and O–H groups in total. The van der Waals surface area contributed by atoms with Crippen LogP contribution in [0.4, 0.5) is 4.39 Å². The first-order valence-electron chi connectivity index (χ1n) is 6.74. The van der Waals surface area contributed by atoms with Gasteiger partial charge in [-0.05, 0) is 43.5 Å². The van der Waals surface area contributed by atoms with Crippen LogP contribution in [0.15, 0.2) is 18.2 Å². The fraction of sp³-hybridized carbons (Fsp3) is 0.400. The summed E-state index contributed by atoms with van der Waals surface area (Å²) in [6, 6.07) is 4.73. The van der Waals surface area contributed by atoms with Crippen LogP contribution in [0.2, 0.25) is 0 Å². The zero-order valence-electron chi connectivity index (χ0n) is 11.2. The van der Waals surface area contributed by atoms with Crippen molar-refractivity contribution in [2.45, 2.75) is 25.1 Å². The molecular weight excluding hydrogens is 279 g/mol. The molecule has 1 aromatic carbocycles. The van der Waals surface area contributed by atoms with E-state index >= 15 is 0 Å². The molecule has 0 spiro atoms. The topological polar surface area (TPSA) is 44.9 Å². The summed E-state index contributed by atoms with van der Waals surface area (Å²) in [5.41, 5.74) is 2.94. The molecule has 1 aliphatic carbocycles.